The molecule has 0 bridgehead atoms. The zero-order valence-corrected chi connectivity index (χ0v) is 12.4. The Bertz CT molecular complexity index is 526. The second kappa shape index (κ2) is 5.13. The minimum atomic E-state index is -0.00855. The van der Waals surface area contributed by atoms with Crippen LogP contribution in [0.3, 0.4) is 0 Å². The molecule has 2 aliphatic heterocycles. The highest BCUT2D eigenvalue weighted by molar-refractivity contribution is 5.52. The molecule has 108 valence electrons. The van der Waals surface area contributed by atoms with Crippen LogP contribution >= 0.6 is 0 Å². The maximum atomic E-state index is 5.49. The summed E-state index contributed by atoms with van der Waals surface area (Å²) in [6.07, 6.45) is 6.91. The fourth-order valence-corrected chi connectivity index (χ4v) is 3.80. The summed E-state index contributed by atoms with van der Waals surface area (Å²) >= 11 is 0. The third-order valence-corrected chi connectivity index (χ3v) is 4.86. The van der Waals surface area contributed by atoms with Crippen LogP contribution in [0.15, 0.2) is 24.8 Å². The van der Waals surface area contributed by atoms with Gasteiger partial charge in [0.2, 0.25) is 0 Å². The third-order valence-electron chi connectivity index (χ3n) is 4.86. The Balaban J connectivity index is 2.15. The second-order valence-electron chi connectivity index (χ2n) is 5.69. The van der Waals surface area contributed by atoms with Crippen LogP contribution in [0.4, 0.5) is 0 Å². The average molecular weight is 273 g/mol. The molecule has 3 rings (SSSR count). The van der Waals surface area contributed by atoms with Crippen molar-refractivity contribution in [3.63, 3.8) is 0 Å². The average Bonchev–Trinajstić information content (AvgIpc) is 2.52. The van der Waals surface area contributed by atoms with E-state index < -0.39 is 0 Å². The molecule has 2 heterocycles. The number of piperidine rings is 1. The van der Waals surface area contributed by atoms with Crippen molar-refractivity contribution in [2.45, 2.75) is 31.2 Å². The molecule has 0 spiro atoms. The number of ether oxygens (including phenoxy) is 2. The number of hydrogen-bond acceptors (Lipinski definition) is 3. The first-order valence-electron chi connectivity index (χ1n) is 7.39. The van der Waals surface area contributed by atoms with Crippen molar-refractivity contribution >= 4 is 0 Å². The third kappa shape index (κ3) is 1.84. The standard InChI is InChI=1S/C17H23NO2/c1-4-17-8-5-6-9-18(17)10-7-13-11-15(19-2)16(20-3)12-14(13)17/h4,11-12H,1,5-10H2,2-3H3/t17-/m0/s1. The Kier molecular flexibility index (Phi) is 3.47. The van der Waals surface area contributed by atoms with E-state index in [1.807, 2.05) is 0 Å². The van der Waals surface area contributed by atoms with Gasteiger partial charge in [-0.3, -0.25) is 4.90 Å². The molecule has 0 unspecified atom stereocenters. The van der Waals surface area contributed by atoms with Gasteiger partial charge in [-0.25, -0.2) is 0 Å². The summed E-state index contributed by atoms with van der Waals surface area (Å²) in [5.41, 5.74) is 2.72. The summed E-state index contributed by atoms with van der Waals surface area (Å²) in [5.74, 6) is 1.65. The maximum absolute atomic E-state index is 5.49. The fraction of sp³-hybridized carbons (Fsp3) is 0.529. The maximum Gasteiger partial charge on any atom is 0.161 e. The molecule has 1 fully saturated rings. The van der Waals surface area contributed by atoms with E-state index in [9.17, 15) is 0 Å². The van der Waals surface area contributed by atoms with Gasteiger partial charge in [0.05, 0.1) is 19.8 Å². The van der Waals surface area contributed by atoms with Crippen molar-refractivity contribution in [1.29, 1.82) is 0 Å². The first-order valence-corrected chi connectivity index (χ1v) is 7.39. The van der Waals surface area contributed by atoms with Crippen LogP contribution in [0.25, 0.3) is 0 Å². The van der Waals surface area contributed by atoms with Gasteiger partial charge in [0.1, 0.15) is 0 Å². The van der Waals surface area contributed by atoms with Crippen LogP contribution in [0, 0.1) is 0 Å². The minimum absolute atomic E-state index is 0.00855. The smallest absolute Gasteiger partial charge is 0.161 e. The van der Waals surface area contributed by atoms with E-state index in [1.165, 1.54) is 30.5 Å². The Morgan fingerprint density at radius 1 is 1.15 bits per heavy atom. The monoisotopic (exact) mass is 273 g/mol. The number of fused-ring (bicyclic) bond motifs is 3. The number of methoxy groups -OCH3 is 2. The second-order valence-corrected chi connectivity index (χ2v) is 5.69. The Hall–Kier alpha value is -1.48. The first-order chi connectivity index (χ1) is 9.75. The van der Waals surface area contributed by atoms with Gasteiger partial charge in [-0.15, -0.1) is 6.58 Å². The summed E-state index contributed by atoms with van der Waals surface area (Å²) in [4.78, 5) is 2.58. The molecule has 1 saturated heterocycles. The summed E-state index contributed by atoms with van der Waals surface area (Å²) in [5, 5.41) is 0. The molecular weight excluding hydrogens is 250 g/mol. The zero-order chi connectivity index (χ0) is 14.2. The molecule has 0 aliphatic carbocycles. The van der Waals surface area contributed by atoms with Gasteiger partial charge in [0, 0.05) is 6.54 Å². The van der Waals surface area contributed by atoms with Crippen molar-refractivity contribution in [3.05, 3.63) is 35.9 Å². The summed E-state index contributed by atoms with van der Waals surface area (Å²) in [6, 6.07) is 4.30. The molecule has 0 N–H and O–H groups in total. The van der Waals surface area contributed by atoms with Crippen LogP contribution in [0.1, 0.15) is 30.4 Å². The van der Waals surface area contributed by atoms with E-state index in [2.05, 4.69) is 29.7 Å². The van der Waals surface area contributed by atoms with Gasteiger partial charge in [0.25, 0.3) is 0 Å². The largest absolute Gasteiger partial charge is 0.493 e. The number of rotatable bonds is 3. The molecule has 2 aliphatic rings. The molecule has 0 saturated carbocycles. The molecule has 0 radical (unpaired) electrons. The molecule has 3 heteroatoms. The minimum Gasteiger partial charge on any atom is -0.493 e. The molecule has 0 amide bonds. The van der Waals surface area contributed by atoms with Gasteiger partial charge in [-0.2, -0.15) is 0 Å². The van der Waals surface area contributed by atoms with Crippen LogP contribution in [-0.2, 0) is 12.0 Å². The lowest BCUT2D eigenvalue weighted by atomic mass is 9.75. The molecule has 20 heavy (non-hydrogen) atoms. The first kappa shape index (κ1) is 13.5. The Morgan fingerprint density at radius 3 is 2.60 bits per heavy atom. The van der Waals surface area contributed by atoms with E-state index in [-0.39, 0.29) is 5.54 Å². The highest BCUT2D eigenvalue weighted by Gasteiger charge is 2.42. The van der Waals surface area contributed by atoms with Crippen molar-refractivity contribution in [2.75, 3.05) is 27.3 Å². The summed E-state index contributed by atoms with van der Waals surface area (Å²) in [7, 11) is 3.40. The molecule has 1 aromatic carbocycles. The summed E-state index contributed by atoms with van der Waals surface area (Å²) < 4.78 is 10.9. The van der Waals surface area contributed by atoms with Crippen LogP contribution in [-0.4, -0.2) is 32.2 Å². The predicted molar refractivity (Wildman–Crippen MR) is 80.5 cm³/mol. The molecular formula is C17H23NO2. The van der Waals surface area contributed by atoms with Crippen molar-refractivity contribution in [2.24, 2.45) is 0 Å². The molecule has 1 atom stereocenters. The Labute approximate surface area is 121 Å². The highest BCUT2D eigenvalue weighted by Crippen LogP contribution is 2.46. The normalized spacial score (nSPS) is 25.5. The van der Waals surface area contributed by atoms with Crippen molar-refractivity contribution in [3.8, 4) is 11.5 Å². The van der Waals surface area contributed by atoms with Gasteiger partial charge in [-0.05, 0) is 55.5 Å². The SMILES string of the molecule is C=C[C@@]12CCCCN1CCc1cc(OC)c(OC)cc12. The van der Waals surface area contributed by atoms with E-state index in [0.717, 1.165) is 30.9 Å². The van der Waals surface area contributed by atoms with Gasteiger partial charge in [0.15, 0.2) is 11.5 Å². The van der Waals surface area contributed by atoms with Crippen LogP contribution in [0.2, 0.25) is 0 Å². The van der Waals surface area contributed by atoms with E-state index in [4.69, 9.17) is 9.47 Å². The highest BCUT2D eigenvalue weighted by atomic mass is 16.5. The Morgan fingerprint density at radius 2 is 1.90 bits per heavy atom. The predicted octanol–water partition coefficient (Wildman–Crippen LogP) is 3.13. The lowest BCUT2D eigenvalue weighted by Crippen LogP contribution is -2.51. The summed E-state index contributed by atoms with van der Waals surface area (Å²) in [6.45, 7) is 6.41. The van der Waals surface area contributed by atoms with Gasteiger partial charge >= 0.3 is 0 Å². The van der Waals surface area contributed by atoms with E-state index in [0.29, 0.717) is 0 Å². The molecule has 1 aromatic rings. The lowest BCUT2D eigenvalue weighted by Gasteiger charge is -2.49. The van der Waals surface area contributed by atoms with E-state index in [1.54, 1.807) is 14.2 Å². The van der Waals surface area contributed by atoms with Crippen molar-refractivity contribution < 1.29 is 9.47 Å². The number of nitrogens with zero attached hydrogens (tertiary/aromatic N) is 1. The van der Waals surface area contributed by atoms with E-state index >= 15 is 0 Å². The molecule has 3 nitrogen and oxygen atoms in total. The van der Waals surface area contributed by atoms with Gasteiger partial charge in [-0.1, -0.05) is 6.08 Å². The van der Waals surface area contributed by atoms with Crippen molar-refractivity contribution in [1.82, 2.24) is 4.90 Å². The topological polar surface area (TPSA) is 21.7 Å². The lowest BCUT2D eigenvalue weighted by molar-refractivity contribution is 0.0739. The number of hydrogen-bond donors (Lipinski definition) is 0. The fourth-order valence-electron chi connectivity index (χ4n) is 3.80. The van der Waals surface area contributed by atoms with Crippen LogP contribution < -0.4 is 9.47 Å². The number of benzene rings is 1. The molecule has 0 aromatic heterocycles. The van der Waals surface area contributed by atoms with Crippen LogP contribution in [0.5, 0.6) is 11.5 Å². The zero-order valence-electron chi connectivity index (χ0n) is 12.4. The van der Waals surface area contributed by atoms with Gasteiger partial charge < -0.3 is 9.47 Å². The quantitative estimate of drug-likeness (QED) is 0.790.